The molecular formula is C21H31N5OS. The van der Waals surface area contributed by atoms with Gasteiger partial charge in [0.25, 0.3) is 0 Å². The van der Waals surface area contributed by atoms with Crippen LogP contribution < -0.4 is 15.5 Å². The monoisotopic (exact) mass is 401 g/mol. The van der Waals surface area contributed by atoms with Gasteiger partial charge in [0.15, 0.2) is 5.96 Å². The molecule has 7 heteroatoms. The molecule has 0 saturated heterocycles. The van der Waals surface area contributed by atoms with Crippen molar-refractivity contribution in [2.45, 2.75) is 20.4 Å². The molecule has 2 rings (SSSR count). The van der Waals surface area contributed by atoms with E-state index in [4.69, 9.17) is 0 Å². The molecular weight excluding hydrogens is 370 g/mol. The largest absolute Gasteiger partial charge is 0.370 e. The first-order chi connectivity index (χ1) is 13.5. The van der Waals surface area contributed by atoms with Crippen LogP contribution in [0.4, 0.5) is 5.69 Å². The lowest BCUT2D eigenvalue weighted by molar-refractivity contribution is -0.127. The van der Waals surface area contributed by atoms with E-state index < -0.39 is 0 Å². The zero-order valence-corrected chi connectivity index (χ0v) is 18.1. The second kappa shape index (κ2) is 11.3. The van der Waals surface area contributed by atoms with Crippen molar-refractivity contribution in [3.63, 3.8) is 0 Å². The Morgan fingerprint density at radius 3 is 2.64 bits per heavy atom. The van der Waals surface area contributed by atoms with Crippen molar-refractivity contribution in [3.05, 3.63) is 52.2 Å². The predicted molar refractivity (Wildman–Crippen MR) is 119 cm³/mol. The maximum absolute atomic E-state index is 11.9. The van der Waals surface area contributed by atoms with Gasteiger partial charge < -0.3 is 20.4 Å². The molecule has 1 amide bonds. The van der Waals surface area contributed by atoms with Gasteiger partial charge in [0.05, 0.1) is 6.54 Å². The Kier molecular flexibility index (Phi) is 8.81. The van der Waals surface area contributed by atoms with Crippen LogP contribution in [-0.4, -0.2) is 57.0 Å². The van der Waals surface area contributed by atoms with Crippen molar-refractivity contribution < 1.29 is 4.79 Å². The van der Waals surface area contributed by atoms with Crippen molar-refractivity contribution in [3.8, 4) is 0 Å². The molecule has 0 saturated carbocycles. The third kappa shape index (κ3) is 7.23. The fourth-order valence-electron chi connectivity index (χ4n) is 2.65. The van der Waals surface area contributed by atoms with Crippen LogP contribution in [0.2, 0.25) is 0 Å². The molecule has 1 heterocycles. The van der Waals surface area contributed by atoms with E-state index in [1.165, 1.54) is 16.1 Å². The maximum Gasteiger partial charge on any atom is 0.243 e. The number of hydrogen-bond acceptors (Lipinski definition) is 4. The lowest BCUT2D eigenvalue weighted by atomic mass is 10.2. The molecule has 0 aliphatic heterocycles. The summed E-state index contributed by atoms with van der Waals surface area (Å²) in [6.07, 6.45) is 0. The standard InChI is InChI=1S/C21H31N5OS/c1-5-26(18-9-6-8-17(2)14-18)12-11-22-21(24-16-20(27)25(3)4)23-15-19-10-7-13-28-19/h6-10,13-14H,5,11-12,15-16H2,1-4H3,(H2,22,23,24). The number of anilines is 1. The van der Waals surface area contributed by atoms with Crippen LogP contribution >= 0.6 is 11.3 Å². The number of nitrogens with zero attached hydrogens (tertiary/aromatic N) is 3. The number of hydrogen-bond donors (Lipinski definition) is 2. The Labute approximate surface area is 172 Å². The number of nitrogens with one attached hydrogen (secondary N) is 2. The lowest BCUT2D eigenvalue weighted by Crippen LogP contribution is -2.42. The number of aliphatic imine (C=N–C) groups is 1. The molecule has 152 valence electrons. The van der Waals surface area contributed by atoms with Crippen molar-refractivity contribution >= 4 is 28.9 Å². The number of rotatable bonds is 9. The summed E-state index contributed by atoms with van der Waals surface area (Å²) in [7, 11) is 3.48. The molecule has 0 fully saturated rings. The van der Waals surface area contributed by atoms with E-state index in [2.05, 4.69) is 70.1 Å². The van der Waals surface area contributed by atoms with Gasteiger partial charge in [-0.05, 0) is 43.0 Å². The van der Waals surface area contributed by atoms with Crippen LogP contribution in [0.5, 0.6) is 0 Å². The van der Waals surface area contributed by atoms with Gasteiger partial charge in [-0.25, -0.2) is 4.99 Å². The highest BCUT2D eigenvalue weighted by molar-refractivity contribution is 7.09. The van der Waals surface area contributed by atoms with E-state index in [1.807, 2.05) is 6.07 Å². The summed E-state index contributed by atoms with van der Waals surface area (Å²) in [6, 6.07) is 12.6. The van der Waals surface area contributed by atoms with Crippen LogP contribution in [0.1, 0.15) is 17.4 Å². The summed E-state index contributed by atoms with van der Waals surface area (Å²) < 4.78 is 0. The zero-order chi connectivity index (χ0) is 20.4. The fraction of sp³-hybridized carbons (Fsp3) is 0.429. The van der Waals surface area contributed by atoms with E-state index in [9.17, 15) is 4.79 Å². The number of benzene rings is 1. The number of aryl methyl sites for hydroxylation is 1. The fourth-order valence-corrected chi connectivity index (χ4v) is 3.29. The topological polar surface area (TPSA) is 60.0 Å². The summed E-state index contributed by atoms with van der Waals surface area (Å²) in [4.78, 5) is 21.4. The first-order valence-electron chi connectivity index (χ1n) is 9.56. The third-order valence-electron chi connectivity index (χ3n) is 4.30. The lowest BCUT2D eigenvalue weighted by Gasteiger charge is -2.24. The molecule has 1 aromatic heterocycles. The molecule has 0 bridgehead atoms. The van der Waals surface area contributed by atoms with Gasteiger partial charge in [0.2, 0.25) is 5.91 Å². The van der Waals surface area contributed by atoms with E-state index in [-0.39, 0.29) is 12.5 Å². The number of guanidine groups is 1. The SMILES string of the molecule is CCN(CCNC(=NCC(=O)N(C)C)NCc1cccs1)c1cccc(C)c1. The highest BCUT2D eigenvalue weighted by Gasteiger charge is 2.07. The molecule has 6 nitrogen and oxygen atoms in total. The van der Waals surface area contributed by atoms with Crippen LogP contribution in [0.25, 0.3) is 0 Å². The number of carbonyl (C=O) groups excluding carboxylic acids is 1. The third-order valence-corrected chi connectivity index (χ3v) is 5.18. The molecule has 2 N–H and O–H groups in total. The first kappa shape index (κ1) is 21.8. The average Bonchev–Trinajstić information content (AvgIpc) is 3.20. The van der Waals surface area contributed by atoms with Gasteiger partial charge in [-0.15, -0.1) is 11.3 Å². The van der Waals surface area contributed by atoms with Crippen molar-refractivity contribution in [1.82, 2.24) is 15.5 Å². The van der Waals surface area contributed by atoms with Crippen molar-refractivity contribution in [1.29, 1.82) is 0 Å². The Bertz CT molecular complexity index is 758. The van der Waals surface area contributed by atoms with E-state index in [0.717, 1.165) is 19.6 Å². The smallest absolute Gasteiger partial charge is 0.243 e. The summed E-state index contributed by atoms with van der Waals surface area (Å²) in [5.41, 5.74) is 2.48. The van der Waals surface area contributed by atoms with Gasteiger partial charge in [-0.3, -0.25) is 4.79 Å². The Hall–Kier alpha value is -2.54. The molecule has 0 aliphatic carbocycles. The number of amides is 1. The van der Waals surface area contributed by atoms with Crippen molar-refractivity contribution in [2.24, 2.45) is 4.99 Å². The Balaban J connectivity index is 1.94. The average molecular weight is 402 g/mol. The second-order valence-electron chi connectivity index (χ2n) is 6.73. The molecule has 0 aliphatic rings. The summed E-state index contributed by atoms with van der Waals surface area (Å²) >= 11 is 1.70. The van der Waals surface area contributed by atoms with Crippen LogP contribution in [0, 0.1) is 6.92 Å². The molecule has 2 aromatic rings. The molecule has 0 atom stereocenters. The minimum Gasteiger partial charge on any atom is -0.370 e. The molecule has 28 heavy (non-hydrogen) atoms. The summed E-state index contributed by atoms with van der Waals surface area (Å²) in [5.74, 6) is 0.635. The first-order valence-corrected chi connectivity index (χ1v) is 10.4. The molecule has 0 radical (unpaired) electrons. The van der Waals surface area contributed by atoms with Crippen LogP contribution in [-0.2, 0) is 11.3 Å². The van der Waals surface area contributed by atoms with E-state index >= 15 is 0 Å². The highest BCUT2D eigenvalue weighted by Crippen LogP contribution is 2.15. The normalized spacial score (nSPS) is 11.2. The minimum atomic E-state index is -0.0211. The van der Waals surface area contributed by atoms with E-state index in [0.29, 0.717) is 12.5 Å². The predicted octanol–water partition coefficient (Wildman–Crippen LogP) is 2.71. The second-order valence-corrected chi connectivity index (χ2v) is 7.76. The summed E-state index contributed by atoms with van der Waals surface area (Å²) in [6.45, 7) is 7.59. The van der Waals surface area contributed by atoms with Gasteiger partial charge in [-0.2, -0.15) is 0 Å². The number of thiophene rings is 1. The van der Waals surface area contributed by atoms with Gasteiger partial charge in [0, 0.05) is 44.3 Å². The van der Waals surface area contributed by atoms with Gasteiger partial charge >= 0.3 is 0 Å². The number of carbonyl (C=O) groups is 1. The summed E-state index contributed by atoms with van der Waals surface area (Å²) in [5, 5.41) is 8.73. The van der Waals surface area contributed by atoms with Crippen LogP contribution in [0.15, 0.2) is 46.8 Å². The Morgan fingerprint density at radius 1 is 1.18 bits per heavy atom. The number of likely N-dealkylation sites (N-methyl/N-ethyl adjacent to an activating group) is 2. The minimum absolute atomic E-state index is 0.0211. The molecule has 0 unspecified atom stereocenters. The quantitative estimate of drug-likeness (QED) is 0.501. The van der Waals surface area contributed by atoms with Gasteiger partial charge in [0.1, 0.15) is 6.54 Å². The maximum atomic E-state index is 11.9. The van der Waals surface area contributed by atoms with E-state index in [1.54, 1.807) is 30.3 Å². The zero-order valence-electron chi connectivity index (χ0n) is 17.2. The Morgan fingerprint density at radius 2 is 2.00 bits per heavy atom. The van der Waals surface area contributed by atoms with Crippen molar-refractivity contribution in [2.75, 3.05) is 45.2 Å². The van der Waals surface area contributed by atoms with Gasteiger partial charge in [-0.1, -0.05) is 18.2 Å². The molecule has 1 aromatic carbocycles. The van der Waals surface area contributed by atoms with Crippen LogP contribution in [0.3, 0.4) is 0 Å². The molecule has 0 spiro atoms. The highest BCUT2D eigenvalue weighted by atomic mass is 32.1.